The van der Waals surface area contributed by atoms with Gasteiger partial charge in [0.2, 0.25) is 0 Å². The van der Waals surface area contributed by atoms with Crippen molar-refractivity contribution >= 4 is 22.5 Å². The van der Waals surface area contributed by atoms with E-state index in [1.54, 1.807) is 13.3 Å². The number of urea groups is 1. The Morgan fingerprint density at radius 2 is 2.20 bits per heavy atom. The highest BCUT2D eigenvalue weighted by Crippen LogP contribution is 2.23. The Morgan fingerprint density at radius 1 is 1.40 bits per heavy atom. The van der Waals surface area contributed by atoms with Crippen LogP contribution in [0.2, 0.25) is 0 Å². The molecule has 78 valence electrons. The molecule has 0 atom stereocenters. The van der Waals surface area contributed by atoms with E-state index in [-0.39, 0.29) is 6.03 Å². The van der Waals surface area contributed by atoms with Crippen LogP contribution in [-0.2, 0) is 0 Å². The van der Waals surface area contributed by atoms with E-state index < -0.39 is 0 Å². The molecule has 0 saturated carbocycles. The number of hydrogen-bond donors (Lipinski definition) is 2. The molecule has 0 aliphatic rings. The smallest absolute Gasteiger partial charge is 0.318 e. The highest BCUT2D eigenvalue weighted by atomic mass is 16.3. The zero-order chi connectivity index (χ0) is 10.8. The van der Waals surface area contributed by atoms with Crippen LogP contribution in [-0.4, -0.2) is 13.1 Å². The molecule has 1 aromatic carbocycles. The van der Waals surface area contributed by atoms with Gasteiger partial charge in [-0.2, -0.15) is 0 Å². The Morgan fingerprint density at radius 3 is 2.93 bits per heavy atom. The first-order valence-electron chi connectivity index (χ1n) is 4.67. The van der Waals surface area contributed by atoms with Crippen LogP contribution >= 0.6 is 0 Å². The summed E-state index contributed by atoms with van der Waals surface area (Å²) in [5.74, 6) is 0.886. The number of carbonyl (C=O) groups excluding carboxylic acids is 1. The lowest BCUT2D eigenvalue weighted by atomic mass is 10.2. The summed E-state index contributed by atoms with van der Waals surface area (Å²) in [6.07, 6.45) is 1.68. The molecule has 0 aliphatic carbocycles. The van der Waals surface area contributed by atoms with E-state index in [0.717, 1.165) is 22.2 Å². The van der Waals surface area contributed by atoms with Crippen LogP contribution in [0, 0.1) is 6.92 Å². The number of hydrogen-bond acceptors (Lipinski definition) is 2. The monoisotopic (exact) mass is 204 g/mol. The summed E-state index contributed by atoms with van der Waals surface area (Å²) in [7, 11) is 1.58. The molecule has 1 heterocycles. The first-order chi connectivity index (χ1) is 7.20. The third-order valence-corrected chi connectivity index (χ3v) is 2.28. The van der Waals surface area contributed by atoms with Crippen LogP contribution in [0.4, 0.5) is 10.5 Å². The summed E-state index contributed by atoms with van der Waals surface area (Å²) in [4.78, 5) is 11.1. The molecule has 0 fully saturated rings. The molecule has 2 N–H and O–H groups in total. The van der Waals surface area contributed by atoms with E-state index >= 15 is 0 Å². The molecule has 0 spiro atoms. The van der Waals surface area contributed by atoms with Crippen LogP contribution in [0.15, 0.2) is 28.9 Å². The quantitative estimate of drug-likeness (QED) is 0.749. The first-order valence-corrected chi connectivity index (χ1v) is 4.67. The Bertz CT molecular complexity index is 502. The molecule has 4 heteroatoms. The number of furan rings is 1. The van der Waals surface area contributed by atoms with Gasteiger partial charge in [0.1, 0.15) is 5.76 Å². The topological polar surface area (TPSA) is 54.3 Å². The lowest BCUT2D eigenvalue weighted by Crippen LogP contribution is -2.24. The van der Waals surface area contributed by atoms with Crippen molar-refractivity contribution < 1.29 is 9.21 Å². The number of rotatable bonds is 1. The van der Waals surface area contributed by atoms with Gasteiger partial charge >= 0.3 is 6.03 Å². The van der Waals surface area contributed by atoms with Crippen LogP contribution in [0.1, 0.15) is 5.76 Å². The largest absolute Gasteiger partial charge is 0.468 e. The molecule has 15 heavy (non-hydrogen) atoms. The van der Waals surface area contributed by atoms with E-state index in [9.17, 15) is 4.79 Å². The van der Waals surface area contributed by atoms with Gasteiger partial charge in [0, 0.05) is 23.5 Å². The van der Waals surface area contributed by atoms with Gasteiger partial charge in [0.25, 0.3) is 0 Å². The molecule has 2 amide bonds. The van der Waals surface area contributed by atoms with Crippen molar-refractivity contribution in [3.8, 4) is 0 Å². The average Bonchev–Trinajstić information content (AvgIpc) is 2.60. The molecule has 0 bridgehead atoms. The minimum Gasteiger partial charge on any atom is -0.468 e. The second-order valence-electron chi connectivity index (χ2n) is 3.30. The Labute approximate surface area is 87.3 Å². The second-order valence-corrected chi connectivity index (χ2v) is 3.30. The maximum Gasteiger partial charge on any atom is 0.318 e. The number of benzene rings is 1. The molecule has 0 radical (unpaired) electrons. The molecular formula is C11H12N2O2. The summed E-state index contributed by atoms with van der Waals surface area (Å²) >= 11 is 0. The third kappa shape index (κ3) is 1.79. The molecule has 2 aromatic rings. The summed E-state index contributed by atoms with van der Waals surface area (Å²) in [5.41, 5.74) is 0.752. The molecule has 1 aromatic heterocycles. The molecular weight excluding hydrogens is 192 g/mol. The van der Waals surface area contributed by atoms with Gasteiger partial charge in [-0.1, -0.05) is 0 Å². The summed E-state index contributed by atoms with van der Waals surface area (Å²) in [6, 6.07) is 5.43. The fraction of sp³-hybridized carbons (Fsp3) is 0.182. The SMILES string of the molecule is CNC(=O)Nc1ccc2c(C)occ2c1. The predicted octanol–water partition coefficient (Wildman–Crippen LogP) is 2.49. The van der Waals surface area contributed by atoms with E-state index in [1.807, 2.05) is 25.1 Å². The van der Waals surface area contributed by atoms with Crippen molar-refractivity contribution in [2.24, 2.45) is 0 Å². The highest BCUT2D eigenvalue weighted by molar-refractivity contribution is 5.93. The molecule has 0 unspecified atom stereocenters. The van der Waals surface area contributed by atoms with Gasteiger partial charge in [0.15, 0.2) is 0 Å². The van der Waals surface area contributed by atoms with Crippen LogP contribution in [0.3, 0.4) is 0 Å². The average molecular weight is 204 g/mol. The van der Waals surface area contributed by atoms with Crippen molar-refractivity contribution in [3.63, 3.8) is 0 Å². The fourth-order valence-corrected chi connectivity index (χ4v) is 1.47. The van der Waals surface area contributed by atoms with E-state index in [4.69, 9.17) is 4.42 Å². The summed E-state index contributed by atoms with van der Waals surface area (Å²) in [6.45, 7) is 1.91. The van der Waals surface area contributed by atoms with Crippen LogP contribution in [0.5, 0.6) is 0 Å². The van der Waals surface area contributed by atoms with Crippen LogP contribution in [0.25, 0.3) is 10.8 Å². The van der Waals surface area contributed by atoms with Gasteiger partial charge in [-0.25, -0.2) is 4.79 Å². The van der Waals surface area contributed by atoms with Gasteiger partial charge < -0.3 is 15.1 Å². The molecule has 2 rings (SSSR count). The van der Waals surface area contributed by atoms with Crippen LogP contribution < -0.4 is 10.6 Å². The number of aryl methyl sites for hydroxylation is 1. The zero-order valence-electron chi connectivity index (χ0n) is 8.63. The van der Waals surface area contributed by atoms with Crippen molar-refractivity contribution in [2.45, 2.75) is 6.92 Å². The normalized spacial score (nSPS) is 10.3. The maximum absolute atomic E-state index is 11.1. The van der Waals surface area contributed by atoms with E-state index in [1.165, 1.54) is 0 Å². The van der Waals surface area contributed by atoms with Crippen molar-refractivity contribution in [1.82, 2.24) is 5.32 Å². The van der Waals surface area contributed by atoms with Gasteiger partial charge in [-0.05, 0) is 25.1 Å². The fourth-order valence-electron chi connectivity index (χ4n) is 1.47. The summed E-state index contributed by atoms with van der Waals surface area (Å²) < 4.78 is 5.27. The van der Waals surface area contributed by atoms with Crippen molar-refractivity contribution in [1.29, 1.82) is 0 Å². The minimum absolute atomic E-state index is 0.227. The standard InChI is InChI=1S/C11H12N2O2/c1-7-10-4-3-9(13-11(14)12-2)5-8(10)6-15-7/h3-6H,1-2H3,(H2,12,13,14). The number of anilines is 1. The summed E-state index contributed by atoms with van der Waals surface area (Å²) in [5, 5.41) is 7.25. The maximum atomic E-state index is 11.1. The number of fused-ring (bicyclic) bond motifs is 1. The molecule has 0 aliphatic heterocycles. The van der Waals surface area contributed by atoms with Crippen molar-refractivity contribution in [2.75, 3.05) is 12.4 Å². The predicted molar refractivity (Wildman–Crippen MR) is 59.0 cm³/mol. The Kier molecular flexibility index (Phi) is 2.33. The first kappa shape index (κ1) is 9.58. The zero-order valence-corrected chi connectivity index (χ0v) is 8.63. The molecule has 0 saturated heterocycles. The van der Waals surface area contributed by atoms with Crippen molar-refractivity contribution in [3.05, 3.63) is 30.2 Å². The second kappa shape index (κ2) is 3.65. The highest BCUT2D eigenvalue weighted by Gasteiger charge is 2.03. The number of carbonyl (C=O) groups is 1. The van der Waals surface area contributed by atoms with Gasteiger partial charge in [-0.3, -0.25) is 0 Å². The Balaban J connectivity index is 2.35. The van der Waals surface area contributed by atoms with E-state index in [0.29, 0.717) is 0 Å². The Hall–Kier alpha value is -1.97. The number of amides is 2. The van der Waals surface area contributed by atoms with Gasteiger partial charge in [0.05, 0.1) is 6.26 Å². The lowest BCUT2D eigenvalue weighted by Gasteiger charge is -2.03. The minimum atomic E-state index is -0.227. The molecule has 4 nitrogen and oxygen atoms in total. The number of nitrogens with one attached hydrogen (secondary N) is 2. The van der Waals surface area contributed by atoms with E-state index in [2.05, 4.69) is 10.6 Å². The third-order valence-electron chi connectivity index (χ3n) is 2.28. The van der Waals surface area contributed by atoms with Gasteiger partial charge in [-0.15, -0.1) is 0 Å². The lowest BCUT2D eigenvalue weighted by molar-refractivity contribution is 0.254.